The van der Waals surface area contributed by atoms with Gasteiger partial charge in [0.1, 0.15) is 11.6 Å². The molecule has 0 aliphatic carbocycles. The Morgan fingerprint density at radius 1 is 1.36 bits per heavy atom. The van der Waals surface area contributed by atoms with Gasteiger partial charge in [0.05, 0.1) is 5.70 Å². The quantitative estimate of drug-likeness (QED) is 0.619. The van der Waals surface area contributed by atoms with Gasteiger partial charge in [0.25, 0.3) is 0 Å². The van der Waals surface area contributed by atoms with Gasteiger partial charge in [0.2, 0.25) is 0 Å². The SMILES string of the molecule is CC/C(C)=C(\C=N)N1CC2(CNC2)C1.Cc1ccc(OC(C)P)cc1. The van der Waals surface area contributed by atoms with Crippen LogP contribution in [0.5, 0.6) is 5.75 Å². The maximum absolute atomic E-state index is 7.43. The van der Waals surface area contributed by atoms with E-state index in [-0.39, 0.29) is 5.85 Å². The Morgan fingerprint density at radius 3 is 2.36 bits per heavy atom. The standard InChI is InChI=1S/C11H19N3.C9H13OP/c1-3-9(2)10(4-12)14-7-11(8-14)5-13-6-11;1-7-3-5-9(6-4-7)10-8(2)11/h4,12-13H,3,5-8H2,1-2H3;3-6,8H,11H2,1-2H3/b10-9+,12-4?;. The van der Waals surface area contributed by atoms with Crippen molar-refractivity contribution in [1.82, 2.24) is 10.2 Å². The fourth-order valence-corrected chi connectivity index (χ4v) is 3.29. The van der Waals surface area contributed by atoms with Crippen LogP contribution in [0.15, 0.2) is 35.5 Å². The number of nitrogens with zero attached hydrogens (tertiary/aromatic N) is 1. The van der Waals surface area contributed by atoms with Gasteiger partial charge in [0, 0.05) is 37.8 Å². The molecule has 1 aromatic rings. The summed E-state index contributed by atoms with van der Waals surface area (Å²) in [6.45, 7) is 13.0. The van der Waals surface area contributed by atoms with Crippen LogP contribution < -0.4 is 10.1 Å². The molecule has 2 atom stereocenters. The summed E-state index contributed by atoms with van der Waals surface area (Å²) >= 11 is 0. The van der Waals surface area contributed by atoms with Gasteiger partial charge in [-0.3, -0.25) is 0 Å². The van der Waals surface area contributed by atoms with Crippen molar-refractivity contribution < 1.29 is 4.74 Å². The Bertz CT molecular complexity index is 598. The number of allylic oxidation sites excluding steroid dienone is 2. The normalized spacial score (nSPS) is 19.6. The highest BCUT2D eigenvalue weighted by molar-refractivity contribution is 7.17. The van der Waals surface area contributed by atoms with E-state index in [1.54, 1.807) is 0 Å². The topological polar surface area (TPSA) is 48.4 Å². The van der Waals surface area contributed by atoms with Crippen LogP contribution in [0.2, 0.25) is 0 Å². The van der Waals surface area contributed by atoms with Crippen LogP contribution in [-0.4, -0.2) is 43.1 Å². The van der Waals surface area contributed by atoms with Crippen molar-refractivity contribution in [3.05, 3.63) is 41.1 Å². The summed E-state index contributed by atoms with van der Waals surface area (Å²) in [5.74, 6) is 1.11. The number of nitrogens with one attached hydrogen (secondary N) is 2. The average molecular weight is 361 g/mol. The van der Waals surface area contributed by atoms with Crippen molar-refractivity contribution in [2.45, 2.75) is 40.0 Å². The second-order valence-corrected chi connectivity index (χ2v) is 8.20. The lowest BCUT2D eigenvalue weighted by Gasteiger charge is -2.57. The van der Waals surface area contributed by atoms with Crippen molar-refractivity contribution in [3.63, 3.8) is 0 Å². The molecule has 138 valence electrons. The molecule has 5 heteroatoms. The lowest BCUT2D eigenvalue weighted by molar-refractivity contribution is -0.0125. The highest BCUT2D eigenvalue weighted by Crippen LogP contribution is 2.36. The van der Waals surface area contributed by atoms with Crippen LogP contribution in [0.25, 0.3) is 0 Å². The molecule has 1 aromatic carbocycles. The molecule has 2 aliphatic heterocycles. The first kappa shape index (κ1) is 19.9. The van der Waals surface area contributed by atoms with Crippen LogP contribution in [0.3, 0.4) is 0 Å². The number of rotatable bonds is 5. The molecule has 0 aromatic heterocycles. The van der Waals surface area contributed by atoms with Crippen molar-refractivity contribution in [1.29, 1.82) is 5.41 Å². The monoisotopic (exact) mass is 361 g/mol. The number of likely N-dealkylation sites (tertiary alicyclic amines) is 1. The minimum Gasteiger partial charge on any atom is -0.487 e. The molecule has 2 saturated heterocycles. The number of benzene rings is 1. The summed E-state index contributed by atoms with van der Waals surface area (Å²) in [6.07, 6.45) is 2.56. The van der Waals surface area contributed by atoms with E-state index >= 15 is 0 Å². The summed E-state index contributed by atoms with van der Waals surface area (Å²) in [6, 6.07) is 8.05. The largest absolute Gasteiger partial charge is 0.487 e. The maximum Gasteiger partial charge on any atom is 0.120 e. The van der Waals surface area contributed by atoms with Crippen molar-refractivity contribution >= 4 is 15.5 Å². The summed E-state index contributed by atoms with van der Waals surface area (Å²) in [7, 11) is 2.60. The molecule has 2 unspecified atom stereocenters. The Balaban J connectivity index is 0.000000186. The molecule has 1 spiro atoms. The zero-order valence-corrected chi connectivity index (χ0v) is 17.1. The van der Waals surface area contributed by atoms with Gasteiger partial charge < -0.3 is 20.4 Å². The zero-order valence-electron chi connectivity index (χ0n) is 15.9. The lowest BCUT2D eigenvalue weighted by Crippen LogP contribution is -2.70. The highest BCUT2D eigenvalue weighted by atomic mass is 31.0. The van der Waals surface area contributed by atoms with Crippen molar-refractivity contribution in [2.24, 2.45) is 5.41 Å². The van der Waals surface area contributed by atoms with Crippen LogP contribution in [0.4, 0.5) is 0 Å². The van der Waals surface area contributed by atoms with E-state index in [4.69, 9.17) is 10.1 Å². The first-order valence-electron chi connectivity index (χ1n) is 9.04. The van der Waals surface area contributed by atoms with Gasteiger partial charge in [-0.2, -0.15) is 0 Å². The van der Waals surface area contributed by atoms with Crippen LogP contribution in [0, 0.1) is 17.7 Å². The fourth-order valence-electron chi connectivity index (χ4n) is 3.13. The van der Waals surface area contributed by atoms with E-state index in [9.17, 15) is 0 Å². The van der Waals surface area contributed by atoms with E-state index in [1.165, 1.54) is 30.4 Å². The summed E-state index contributed by atoms with van der Waals surface area (Å²) in [5, 5.41) is 10.8. The molecule has 0 saturated carbocycles. The summed E-state index contributed by atoms with van der Waals surface area (Å²) in [4.78, 5) is 2.34. The van der Waals surface area contributed by atoms with Gasteiger partial charge in [-0.05, 0) is 44.9 Å². The first-order valence-corrected chi connectivity index (χ1v) is 9.70. The number of hydrogen-bond donors (Lipinski definition) is 2. The fraction of sp³-hybridized carbons (Fsp3) is 0.550. The molecular formula is C20H32N3OP. The minimum atomic E-state index is 0.178. The van der Waals surface area contributed by atoms with Crippen molar-refractivity contribution in [2.75, 3.05) is 26.2 Å². The van der Waals surface area contributed by atoms with Crippen LogP contribution >= 0.6 is 9.24 Å². The van der Waals surface area contributed by atoms with Crippen LogP contribution in [0.1, 0.15) is 32.8 Å². The number of hydrogen-bond acceptors (Lipinski definition) is 4. The van der Waals surface area contributed by atoms with E-state index in [2.05, 4.69) is 40.2 Å². The van der Waals surface area contributed by atoms with Gasteiger partial charge in [-0.1, -0.05) is 33.9 Å². The maximum atomic E-state index is 7.43. The molecule has 2 aliphatic rings. The molecule has 2 fully saturated rings. The summed E-state index contributed by atoms with van der Waals surface area (Å²) in [5.41, 5.74) is 4.29. The molecular weight excluding hydrogens is 329 g/mol. The van der Waals surface area contributed by atoms with E-state index in [0.717, 1.165) is 31.0 Å². The number of ether oxygens (including phenoxy) is 1. The molecule has 25 heavy (non-hydrogen) atoms. The third-order valence-corrected chi connectivity index (χ3v) is 4.98. The van der Waals surface area contributed by atoms with Gasteiger partial charge in [-0.15, -0.1) is 0 Å². The smallest absolute Gasteiger partial charge is 0.120 e. The number of aryl methyl sites for hydroxylation is 1. The highest BCUT2D eigenvalue weighted by Gasteiger charge is 2.47. The Kier molecular flexibility index (Phi) is 7.04. The molecule has 3 rings (SSSR count). The Labute approximate surface area is 154 Å². The predicted molar refractivity (Wildman–Crippen MR) is 110 cm³/mol. The van der Waals surface area contributed by atoms with E-state index in [1.807, 2.05) is 31.2 Å². The van der Waals surface area contributed by atoms with E-state index < -0.39 is 0 Å². The molecule has 2 N–H and O–H groups in total. The Hall–Kier alpha value is -1.38. The molecule has 0 amide bonds. The zero-order chi connectivity index (χ0) is 18.4. The minimum absolute atomic E-state index is 0.178. The van der Waals surface area contributed by atoms with E-state index in [0.29, 0.717) is 5.41 Å². The third kappa shape index (κ3) is 5.29. The summed E-state index contributed by atoms with van der Waals surface area (Å²) < 4.78 is 5.43. The molecule has 4 nitrogen and oxygen atoms in total. The average Bonchev–Trinajstić information content (AvgIpc) is 2.50. The molecule has 0 bridgehead atoms. The molecule has 0 radical (unpaired) electrons. The first-order chi connectivity index (χ1) is 11.9. The predicted octanol–water partition coefficient (Wildman–Crippen LogP) is 3.82. The molecule has 2 heterocycles. The second-order valence-electron chi connectivity index (χ2n) is 7.26. The Morgan fingerprint density at radius 2 is 1.96 bits per heavy atom. The third-order valence-electron chi connectivity index (χ3n) is 4.84. The van der Waals surface area contributed by atoms with Crippen molar-refractivity contribution in [3.8, 4) is 5.75 Å². The van der Waals surface area contributed by atoms with Gasteiger partial charge in [-0.25, -0.2) is 0 Å². The van der Waals surface area contributed by atoms with Crippen LogP contribution in [-0.2, 0) is 0 Å². The van der Waals surface area contributed by atoms with Gasteiger partial charge in [0.15, 0.2) is 0 Å². The lowest BCUT2D eigenvalue weighted by atomic mass is 9.74. The van der Waals surface area contributed by atoms with Gasteiger partial charge >= 0.3 is 0 Å². The second kappa shape index (κ2) is 8.82.